The number of nitrogens with one attached hydrogen (secondary N) is 2. The van der Waals surface area contributed by atoms with Crippen molar-refractivity contribution < 1.29 is 19.1 Å². The van der Waals surface area contributed by atoms with Crippen LogP contribution in [0.2, 0.25) is 0 Å². The van der Waals surface area contributed by atoms with E-state index in [4.69, 9.17) is 5.41 Å². The molecule has 1 aliphatic rings. The quantitative estimate of drug-likeness (QED) is 0.393. The molecule has 1 fully saturated rings. The summed E-state index contributed by atoms with van der Waals surface area (Å²) in [5.74, 6) is -0.668. The maximum atomic E-state index is 12.6. The summed E-state index contributed by atoms with van der Waals surface area (Å²) in [6.45, 7) is 2.07. The Bertz CT molecular complexity index is 853. The minimum absolute atomic E-state index is 0.102. The first-order chi connectivity index (χ1) is 14.1. The van der Waals surface area contributed by atoms with Crippen LogP contribution in [0.15, 0.2) is 29.3 Å². The molecule has 1 aromatic carbocycles. The Morgan fingerprint density at radius 1 is 1.23 bits per heavy atom. The van der Waals surface area contributed by atoms with E-state index in [0.29, 0.717) is 22.1 Å². The first-order valence-corrected chi connectivity index (χ1v) is 10.3. The van der Waals surface area contributed by atoms with Crippen molar-refractivity contribution in [3.8, 4) is 0 Å². The number of methoxy groups -OCH3 is 1. The molecule has 0 saturated carbocycles. The van der Waals surface area contributed by atoms with Crippen LogP contribution in [0.1, 0.15) is 29.3 Å². The summed E-state index contributed by atoms with van der Waals surface area (Å²) in [5, 5.41) is 10.7. The monoisotopic (exact) mass is 433 g/mol. The summed E-state index contributed by atoms with van der Waals surface area (Å²) >= 11 is 1.22. The zero-order valence-electron chi connectivity index (χ0n) is 17.8. The number of hydrogen-bond acceptors (Lipinski definition) is 6. The highest BCUT2D eigenvalue weighted by atomic mass is 32.2. The molecule has 1 saturated heterocycles. The Labute approximate surface area is 180 Å². The highest BCUT2D eigenvalue weighted by Crippen LogP contribution is 2.31. The van der Waals surface area contributed by atoms with Gasteiger partial charge in [-0.25, -0.2) is 0 Å². The Kier molecular flexibility index (Phi) is 7.99. The van der Waals surface area contributed by atoms with Gasteiger partial charge >= 0.3 is 5.97 Å². The minimum atomic E-state index is -0.442. The van der Waals surface area contributed by atoms with Crippen molar-refractivity contribution in [2.75, 3.05) is 34.8 Å². The van der Waals surface area contributed by atoms with Gasteiger partial charge in [0, 0.05) is 44.9 Å². The maximum Gasteiger partial charge on any atom is 0.307 e. The lowest BCUT2D eigenvalue weighted by atomic mass is 10.1. The van der Waals surface area contributed by atoms with E-state index >= 15 is 0 Å². The van der Waals surface area contributed by atoms with Crippen LogP contribution in [0, 0.1) is 5.41 Å². The van der Waals surface area contributed by atoms with Crippen LogP contribution in [0.3, 0.4) is 0 Å². The molecule has 1 aliphatic heterocycles. The van der Waals surface area contributed by atoms with E-state index in [-0.39, 0.29) is 30.9 Å². The van der Waals surface area contributed by atoms with Gasteiger partial charge in [0.15, 0.2) is 5.17 Å². The molecule has 2 rings (SSSR count). The number of amidine groups is 2. The molecular formula is C20H27N5O4S. The highest BCUT2D eigenvalue weighted by Gasteiger charge is 2.39. The van der Waals surface area contributed by atoms with Crippen molar-refractivity contribution in [1.82, 2.24) is 15.1 Å². The highest BCUT2D eigenvalue weighted by molar-refractivity contribution is 8.15. The van der Waals surface area contributed by atoms with Gasteiger partial charge in [0.05, 0.1) is 13.5 Å². The number of ether oxygens (including phenoxy) is 1. The second-order valence-electron chi connectivity index (χ2n) is 7.03. The molecule has 2 atom stereocenters. The molecule has 2 N–H and O–H groups in total. The number of carbonyl (C=O) groups excluding carboxylic acids is 3. The molecule has 0 bridgehead atoms. The van der Waals surface area contributed by atoms with Gasteiger partial charge in [-0.2, -0.15) is 4.99 Å². The molecule has 30 heavy (non-hydrogen) atoms. The number of benzene rings is 1. The molecular weight excluding hydrogens is 406 g/mol. The fourth-order valence-electron chi connectivity index (χ4n) is 2.72. The number of thioether (sulfide) groups is 1. The van der Waals surface area contributed by atoms with E-state index in [1.54, 1.807) is 55.2 Å². The second kappa shape index (κ2) is 10.2. The van der Waals surface area contributed by atoms with Crippen LogP contribution >= 0.6 is 11.8 Å². The van der Waals surface area contributed by atoms with Gasteiger partial charge in [0.1, 0.15) is 11.1 Å². The topological polar surface area (TPSA) is 115 Å². The van der Waals surface area contributed by atoms with Crippen molar-refractivity contribution in [2.45, 2.75) is 24.6 Å². The summed E-state index contributed by atoms with van der Waals surface area (Å²) in [5.41, 5.74) is 1.11. The molecule has 0 radical (unpaired) electrons. The van der Waals surface area contributed by atoms with Crippen molar-refractivity contribution >= 4 is 40.5 Å². The van der Waals surface area contributed by atoms with E-state index < -0.39 is 11.2 Å². The number of amides is 2. The summed E-state index contributed by atoms with van der Waals surface area (Å²) in [7, 11) is 6.65. The number of nitrogens with zero attached hydrogens (tertiary/aromatic N) is 3. The fraction of sp³-hybridized carbons (Fsp3) is 0.450. The lowest BCUT2D eigenvalue weighted by molar-refractivity contribution is -0.140. The molecule has 0 spiro atoms. The molecule has 0 aliphatic carbocycles. The standard InChI is InChI=1S/C20H27N5O4S/c1-12-16(19(28)22-11-10-15(26)29-5)30-20(25(12)4)23-18(27)14-8-6-13(7-9-14)17(21)24(2)3/h6-9,12,16,21H,10-11H2,1-5H3,(H,22,28). The normalized spacial score (nSPS) is 19.5. The lowest BCUT2D eigenvalue weighted by Crippen LogP contribution is -2.41. The average Bonchev–Trinajstić information content (AvgIpc) is 3.01. The third-order valence-corrected chi connectivity index (χ3v) is 6.20. The van der Waals surface area contributed by atoms with E-state index in [0.717, 1.165) is 0 Å². The fourth-order valence-corrected chi connectivity index (χ4v) is 3.99. The predicted octanol–water partition coefficient (Wildman–Crippen LogP) is 1.18. The molecule has 0 aromatic heterocycles. The Balaban J connectivity index is 2.04. The average molecular weight is 434 g/mol. The third kappa shape index (κ3) is 5.59. The summed E-state index contributed by atoms with van der Waals surface area (Å²) < 4.78 is 4.56. The molecule has 162 valence electrons. The van der Waals surface area contributed by atoms with Gasteiger partial charge in [-0.3, -0.25) is 19.8 Å². The summed E-state index contributed by atoms with van der Waals surface area (Å²) in [6, 6.07) is 6.53. The molecule has 1 heterocycles. The van der Waals surface area contributed by atoms with Gasteiger partial charge < -0.3 is 19.9 Å². The van der Waals surface area contributed by atoms with Crippen LogP contribution in [0.5, 0.6) is 0 Å². The summed E-state index contributed by atoms with van der Waals surface area (Å²) in [6.07, 6.45) is 0.102. The Morgan fingerprint density at radius 2 is 1.83 bits per heavy atom. The zero-order valence-corrected chi connectivity index (χ0v) is 18.6. The predicted molar refractivity (Wildman–Crippen MR) is 117 cm³/mol. The number of aliphatic imine (C=N–C) groups is 1. The number of carbonyl (C=O) groups is 3. The first-order valence-electron chi connectivity index (χ1n) is 9.39. The van der Waals surface area contributed by atoms with Crippen LogP contribution in [0.4, 0.5) is 0 Å². The lowest BCUT2D eigenvalue weighted by Gasteiger charge is -2.19. The molecule has 10 heteroatoms. The van der Waals surface area contributed by atoms with Crippen LogP contribution in [0.25, 0.3) is 0 Å². The van der Waals surface area contributed by atoms with Crippen LogP contribution in [-0.2, 0) is 14.3 Å². The number of rotatable bonds is 6. The van der Waals surface area contributed by atoms with Gasteiger partial charge in [-0.15, -0.1) is 0 Å². The van der Waals surface area contributed by atoms with Crippen molar-refractivity contribution in [1.29, 1.82) is 5.41 Å². The molecule has 2 unspecified atom stereocenters. The Hall–Kier alpha value is -2.88. The summed E-state index contributed by atoms with van der Waals surface area (Å²) in [4.78, 5) is 43.9. The van der Waals surface area contributed by atoms with Gasteiger partial charge in [-0.1, -0.05) is 23.9 Å². The zero-order chi connectivity index (χ0) is 22.4. The Morgan fingerprint density at radius 3 is 2.40 bits per heavy atom. The van der Waals surface area contributed by atoms with Gasteiger partial charge in [-0.05, 0) is 19.1 Å². The molecule has 9 nitrogen and oxygen atoms in total. The second-order valence-corrected chi connectivity index (χ2v) is 8.14. The smallest absolute Gasteiger partial charge is 0.307 e. The number of esters is 1. The van der Waals surface area contributed by atoms with Gasteiger partial charge in [0.25, 0.3) is 5.91 Å². The van der Waals surface area contributed by atoms with Crippen molar-refractivity contribution in [3.05, 3.63) is 35.4 Å². The minimum Gasteiger partial charge on any atom is -0.469 e. The SMILES string of the molecule is COC(=O)CCNC(=O)C1SC(=NC(=O)c2ccc(C(=N)N(C)C)cc2)N(C)C1C. The van der Waals surface area contributed by atoms with Crippen LogP contribution in [-0.4, -0.2) is 84.7 Å². The van der Waals surface area contributed by atoms with E-state index in [1.165, 1.54) is 18.9 Å². The number of hydrogen-bond donors (Lipinski definition) is 2. The third-order valence-electron chi connectivity index (χ3n) is 4.75. The molecule has 1 aromatic rings. The van der Waals surface area contributed by atoms with Gasteiger partial charge in [0.2, 0.25) is 5.91 Å². The molecule has 2 amide bonds. The first kappa shape index (κ1) is 23.4. The van der Waals surface area contributed by atoms with E-state index in [1.807, 2.05) is 6.92 Å². The van der Waals surface area contributed by atoms with Crippen LogP contribution < -0.4 is 5.32 Å². The van der Waals surface area contributed by atoms with E-state index in [2.05, 4.69) is 15.0 Å². The largest absolute Gasteiger partial charge is 0.469 e. The maximum absolute atomic E-state index is 12.6. The van der Waals surface area contributed by atoms with Crippen molar-refractivity contribution in [2.24, 2.45) is 4.99 Å². The van der Waals surface area contributed by atoms with E-state index in [9.17, 15) is 14.4 Å². The van der Waals surface area contributed by atoms with Crippen molar-refractivity contribution in [3.63, 3.8) is 0 Å².